The molecule has 0 aliphatic heterocycles. The highest BCUT2D eigenvalue weighted by atomic mass is 19.2. The van der Waals surface area contributed by atoms with Crippen LogP contribution in [0.25, 0.3) is 16.7 Å². The zero-order chi connectivity index (χ0) is 36.8. The van der Waals surface area contributed by atoms with Crippen molar-refractivity contribution in [3.8, 4) is 36.4 Å². The summed E-state index contributed by atoms with van der Waals surface area (Å²) >= 11 is 0. The van der Waals surface area contributed by atoms with Crippen LogP contribution in [-0.2, 0) is 0 Å². The van der Waals surface area contributed by atoms with Crippen molar-refractivity contribution in [3.05, 3.63) is 120 Å². The second-order valence-electron chi connectivity index (χ2n) is 9.27. The molecular formula is C31H2F12N6. The minimum atomic E-state index is -2.51. The molecule has 0 N–H and O–H groups in total. The van der Waals surface area contributed by atoms with Crippen molar-refractivity contribution in [2.45, 2.75) is 6.42 Å². The molecule has 6 nitrogen and oxygen atoms in total. The topological polar surface area (TPSA) is 143 Å². The Kier molecular flexibility index (Phi) is 8.99. The number of nitriles is 6. The molecule has 0 radical (unpaired) electrons. The van der Waals surface area contributed by atoms with Crippen LogP contribution in [0.2, 0.25) is 0 Å². The SMILES string of the molecule is N#CC/C(=C1\C(=C(C#N)c2c(F)c(F)c(C#N)c(F)c2F)\C1=C(\C#N)c1c(F)c(F)c(C#N)c(F)c1F)c1c(F)c(F)c(C#N)c(F)c1F. The number of benzene rings is 3. The van der Waals surface area contributed by atoms with Crippen LogP contribution < -0.4 is 0 Å². The number of rotatable bonds is 4. The molecule has 1 saturated carbocycles. The molecule has 3 aromatic carbocycles. The van der Waals surface area contributed by atoms with Crippen LogP contribution in [0.15, 0.2) is 16.7 Å². The van der Waals surface area contributed by atoms with Gasteiger partial charge in [-0.3, -0.25) is 0 Å². The molecule has 1 aliphatic rings. The van der Waals surface area contributed by atoms with Crippen molar-refractivity contribution in [1.29, 1.82) is 31.6 Å². The van der Waals surface area contributed by atoms with Crippen LogP contribution in [0.5, 0.6) is 0 Å². The van der Waals surface area contributed by atoms with E-state index in [1.54, 1.807) is 0 Å². The van der Waals surface area contributed by atoms with Gasteiger partial charge in [-0.25, -0.2) is 52.7 Å². The van der Waals surface area contributed by atoms with Gasteiger partial charge in [0.1, 0.15) is 47.0 Å². The van der Waals surface area contributed by atoms with Crippen molar-refractivity contribution in [2.24, 2.45) is 0 Å². The van der Waals surface area contributed by atoms with E-state index in [4.69, 9.17) is 15.8 Å². The Bertz CT molecular complexity index is 2250. The Balaban J connectivity index is 2.40. The first-order valence-corrected chi connectivity index (χ1v) is 12.3. The summed E-state index contributed by atoms with van der Waals surface area (Å²) in [6, 6.07) is 5.59. The van der Waals surface area contributed by atoms with E-state index in [9.17, 15) is 42.1 Å². The summed E-state index contributed by atoms with van der Waals surface area (Å²) in [6.45, 7) is 0. The average molecular weight is 686 g/mol. The van der Waals surface area contributed by atoms with Crippen LogP contribution in [0.3, 0.4) is 0 Å². The fourth-order valence-corrected chi connectivity index (χ4v) is 4.74. The van der Waals surface area contributed by atoms with E-state index in [1.807, 2.05) is 0 Å². The smallest absolute Gasteiger partial charge is 0.180 e. The highest BCUT2D eigenvalue weighted by Gasteiger charge is 2.46. The summed E-state index contributed by atoms with van der Waals surface area (Å²) in [5.41, 5.74) is -20.4. The fourth-order valence-electron chi connectivity index (χ4n) is 4.74. The molecule has 0 atom stereocenters. The lowest BCUT2D eigenvalue weighted by Gasteiger charge is -2.10. The summed E-state index contributed by atoms with van der Waals surface area (Å²) < 4.78 is 178. The average Bonchev–Trinajstić information content (AvgIpc) is 3.80. The molecule has 1 fully saturated rings. The van der Waals surface area contributed by atoms with Crippen LogP contribution in [0.1, 0.15) is 39.8 Å². The number of hydrogen-bond donors (Lipinski definition) is 0. The van der Waals surface area contributed by atoms with Gasteiger partial charge in [0, 0.05) is 11.1 Å². The van der Waals surface area contributed by atoms with E-state index in [1.165, 1.54) is 6.07 Å². The molecule has 0 saturated heterocycles. The Hall–Kier alpha value is -7.02. The van der Waals surface area contributed by atoms with Gasteiger partial charge < -0.3 is 0 Å². The van der Waals surface area contributed by atoms with Crippen molar-refractivity contribution < 1.29 is 52.7 Å². The van der Waals surface area contributed by atoms with Crippen LogP contribution in [-0.4, -0.2) is 0 Å². The van der Waals surface area contributed by atoms with Crippen molar-refractivity contribution in [1.82, 2.24) is 0 Å². The van der Waals surface area contributed by atoms with Crippen molar-refractivity contribution in [3.63, 3.8) is 0 Å². The maximum Gasteiger partial charge on any atom is 0.180 e. The van der Waals surface area contributed by atoms with Gasteiger partial charge >= 0.3 is 0 Å². The van der Waals surface area contributed by atoms with E-state index in [-0.39, 0.29) is 0 Å². The lowest BCUT2D eigenvalue weighted by Crippen LogP contribution is -2.07. The van der Waals surface area contributed by atoms with Crippen LogP contribution in [0, 0.1) is 138 Å². The van der Waals surface area contributed by atoms with Gasteiger partial charge in [0.25, 0.3) is 0 Å². The standard InChI is InChI=1S/C31H2F12N6/c32-20-11(5-47)21(33)27(39)17(26(20)38)8(1-2-44)14-15(9(3-45)18-28(40)22(34)12(6-48)23(35)29(18)41)16(14)10(4-46)19-30(42)24(36)13(7-49)25(37)31(19)43/h1H2/b14-8-,15-9?,16-10-. The molecular weight excluding hydrogens is 684 g/mol. The highest BCUT2D eigenvalue weighted by molar-refractivity contribution is 6.10. The molecule has 0 amide bonds. The molecule has 0 aromatic heterocycles. The fraction of sp³-hybridized carbons (Fsp3) is 0.0323. The van der Waals surface area contributed by atoms with Crippen LogP contribution in [0.4, 0.5) is 52.7 Å². The number of nitrogens with zero attached hydrogens (tertiary/aromatic N) is 6. The molecule has 3 aromatic rings. The van der Waals surface area contributed by atoms with E-state index in [0.717, 1.165) is 30.3 Å². The first kappa shape index (κ1) is 34.8. The quantitative estimate of drug-likeness (QED) is 0.157. The van der Waals surface area contributed by atoms with E-state index >= 15 is 26.3 Å². The van der Waals surface area contributed by atoms with Gasteiger partial charge in [-0.05, 0) is 11.1 Å². The number of allylic oxidation sites excluding steroid dienone is 6. The van der Waals surface area contributed by atoms with Gasteiger partial charge in [-0.2, -0.15) is 31.6 Å². The Morgan fingerprint density at radius 2 is 0.633 bits per heavy atom. The number of halogens is 12. The van der Waals surface area contributed by atoms with Gasteiger partial charge in [0.2, 0.25) is 0 Å². The highest BCUT2D eigenvalue weighted by Crippen LogP contribution is 2.58. The Labute approximate surface area is 264 Å². The van der Waals surface area contributed by atoms with E-state index in [2.05, 4.69) is 0 Å². The van der Waals surface area contributed by atoms with Gasteiger partial charge in [0.05, 0.1) is 40.3 Å². The van der Waals surface area contributed by atoms with Crippen LogP contribution >= 0.6 is 0 Å². The van der Waals surface area contributed by atoms with Gasteiger partial charge in [0.15, 0.2) is 69.8 Å². The molecule has 240 valence electrons. The summed E-state index contributed by atoms with van der Waals surface area (Å²) in [5, 5.41) is 55.8. The van der Waals surface area contributed by atoms with E-state index < -0.39 is 143 Å². The zero-order valence-corrected chi connectivity index (χ0v) is 22.9. The Morgan fingerprint density at radius 3 is 0.857 bits per heavy atom. The molecule has 0 unspecified atom stereocenters. The van der Waals surface area contributed by atoms with E-state index in [0.29, 0.717) is 0 Å². The zero-order valence-electron chi connectivity index (χ0n) is 22.9. The van der Waals surface area contributed by atoms with Crippen molar-refractivity contribution >= 4 is 16.7 Å². The van der Waals surface area contributed by atoms with Gasteiger partial charge in [-0.1, -0.05) is 0 Å². The van der Waals surface area contributed by atoms with Gasteiger partial charge in [-0.15, -0.1) is 0 Å². The Morgan fingerprint density at radius 1 is 0.367 bits per heavy atom. The summed E-state index contributed by atoms with van der Waals surface area (Å²) in [6.07, 6.45) is -1.47. The maximum atomic E-state index is 15.2. The summed E-state index contributed by atoms with van der Waals surface area (Å²) in [5.74, 6) is -29.4. The minimum absolute atomic E-state index is 0.781. The molecule has 4 rings (SSSR count). The molecule has 18 heteroatoms. The third kappa shape index (κ3) is 4.97. The first-order chi connectivity index (χ1) is 23.1. The number of hydrogen-bond acceptors (Lipinski definition) is 6. The first-order valence-electron chi connectivity index (χ1n) is 12.3. The molecule has 0 spiro atoms. The summed E-state index contributed by atoms with van der Waals surface area (Å²) in [7, 11) is 0. The minimum Gasteiger partial charge on any atom is -0.203 e. The second kappa shape index (κ2) is 12.6. The predicted molar refractivity (Wildman–Crippen MR) is 135 cm³/mol. The molecule has 0 bridgehead atoms. The second-order valence-corrected chi connectivity index (χ2v) is 9.27. The molecule has 0 heterocycles. The van der Waals surface area contributed by atoms with Crippen molar-refractivity contribution in [2.75, 3.05) is 0 Å². The third-order valence-electron chi connectivity index (χ3n) is 6.90. The monoisotopic (exact) mass is 686 g/mol. The lowest BCUT2D eigenvalue weighted by molar-refractivity contribution is 0.446. The maximum absolute atomic E-state index is 15.2. The lowest BCUT2D eigenvalue weighted by atomic mass is 9.96. The largest absolute Gasteiger partial charge is 0.203 e. The molecule has 1 aliphatic carbocycles. The molecule has 49 heavy (non-hydrogen) atoms. The summed E-state index contributed by atoms with van der Waals surface area (Å²) in [4.78, 5) is 0. The normalized spacial score (nSPS) is 14.8. The predicted octanol–water partition coefficient (Wildman–Crippen LogP) is 7.61. The third-order valence-corrected chi connectivity index (χ3v) is 6.90.